The Kier molecular flexibility index (Phi) is 5.11. The van der Waals surface area contributed by atoms with Gasteiger partial charge in [-0.15, -0.1) is 0 Å². The number of ether oxygens (including phenoxy) is 1. The van der Waals surface area contributed by atoms with Crippen LogP contribution < -0.4 is 16.8 Å². The molecule has 1 aromatic heterocycles. The molecule has 25 heavy (non-hydrogen) atoms. The molecule has 0 aliphatic rings. The first kappa shape index (κ1) is 16.7. The third-order valence-electron chi connectivity index (χ3n) is 3.84. The lowest BCUT2D eigenvalue weighted by atomic mass is 10.0. The number of rotatable bonds is 6. The van der Waals surface area contributed by atoms with Crippen LogP contribution in [0.5, 0.6) is 0 Å². The van der Waals surface area contributed by atoms with Crippen molar-refractivity contribution in [3.8, 4) is 11.1 Å². The molecule has 0 aliphatic carbocycles. The van der Waals surface area contributed by atoms with E-state index in [1.54, 1.807) is 0 Å². The Hall–Kier alpha value is -3.12. The fourth-order valence-corrected chi connectivity index (χ4v) is 2.61. The largest absolute Gasteiger partial charge is 0.388 e. The summed E-state index contributed by atoms with van der Waals surface area (Å²) < 4.78 is 5.81. The lowest BCUT2D eigenvalue weighted by Gasteiger charge is -2.13. The molecule has 0 radical (unpaired) electrons. The number of nitrogens with two attached hydrogens (primary N) is 2. The summed E-state index contributed by atoms with van der Waals surface area (Å²) in [5, 5.41) is 3.09. The van der Waals surface area contributed by atoms with Gasteiger partial charge >= 0.3 is 0 Å². The van der Waals surface area contributed by atoms with E-state index in [1.165, 1.54) is 0 Å². The van der Waals surface area contributed by atoms with Gasteiger partial charge in [-0.2, -0.15) is 4.98 Å². The number of hydrogen-bond donors (Lipinski definition) is 3. The quantitative estimate of drug-likeness (QED) is 0.640. The van der Waals surface area contributed by atoms with E-state index in [0.29, 0.717) is 24.7 Å². The maximum absolute atomic E-state index is 6.11. The zero-order valence-electron chi connectivity index (χ0n) is 14.1. The summed E-state index contributed by atoms with van der Waals surface area (Å²) >= 11 is 0. The van der Waals surface area contributed by atoms with E-state index in [-0.39, 0.29) is 5.95 Å². The highest BCUT2D eigenvalue weighted by Gasteiger charge is 2.14. The van der Waals surface area contributed by atoms with E-state index in [1.807, 2.05) is 61.6 Å². The number of hydrogen-bond acceptors (Lipinski definition) is 6. The maximum Gasteiger partial charge on any atom is 0.222 e. The average Bonchev–Trinajstić information content (AvgIpc) is 2.62. The Labute approximate surface area is 146 Å². The Morgan fingerprint density at radius 2 is 1.64 bits per heavy atom. The predicted molar refractivity (Wildman–Crippen MR) is 101 cm³/mol. The van der Waals surface area contributed by atoms with E-state index >= 15 is 0 Å². The molecule has 0 atom stereocenters. The molecular formula is C19H21N5O. The van der Waals surface area contributed by atoms with Gasteiger partial charge in [-0.1, -0.05) is 42.5 Å². The summed E-state index contributed by atoms with van der Waals surface area (Å²) in [4.78, 5) is 8.42. The maximum atomic E-state index is 6.11. The monoisotopic (exact) mass is 335 g/mol. The zero-order valence-corrected chi connectivity index (χ0v) is 14.1. The first-order chi connectivity index (χ1) is 12.2. The van der Waals surface area contributed by atoms with Gasteiger partial charge in [0.05, 0.1) is 18.9 Å². The Balaban J connectivity index is 1.84. The SMILES string of the molecule is CNc1ccc(-c2c(N)nc(N)nc2COCc2ccccc2)cc1. The summed E-state index contributed by atoms with van der Waals surface area (Å²) in [7, 11) is 1.87. The third-order valence-corrected chi connectivity index (χ3v) is 3.84. The van der Waals surface area contributed by atoms with E-state index < -0.39 is 0 Å². The van der Waals surface area contributed by atoms with Gasteiger partial charge in [-0.25, -0.2) is 4.98 Å². The number of anilines is 3. The van der Waals surface area contributed by atoms with Crippen molar-refractivity contribution in [2.45, 2.75) is 13.2 Å². The summed E-state index contributed by atoms with van der Waals surface area (Å²) in [5.74, 6) is 0.495. The smallest absolute Gasteiger partial charge is 0.222 e. The van der Waals surface area contributed by atoms with Crippen LogP contribution in [0.2, 0.25) is 0 Å². The van der Waals surface area contributed by atoms with E-state index in [9.17, 15) is 0 Å². The van der Waals surface area contributed by atoms with E-state index in [4.69, 9.17) is 16.2 Å². The van der Waals surface area contributed by atoms with Gasteiger partial charge in [0, 0.05) is 18.3 Å². The summed E-state index contributed by atoms with van der Waals surface area (Å²) in [6.07, 6.45) is 0. The van der Waals surface area contributed by atoms with Crippen LogP contribution in [-0.2, 0) is 18.0 Å². The standard InChI is InChI=1S/C19H21N5O/c1-22-15-9-7-14(8-10-15)17-16(23-19(21)24-18(17)20)12-25-11-13-5-3-2-4-6-13/h2-10,22H,11-12H2,1H3,(H4,20,21,23,24). The van der Waals surface area contributed by atoms with Crippen LogP contribution in [0.1, 0.15) is 11.3 Å². The van der Waals surface area contributed by atoms with Gasteiger partial charge in [0.15, 0.2) is 0 Å². The molecule has 5 N–H and O–H groups in total. The van der Waals surface area contributed by atoms with Crippen LogP contribution in [0.15, 0.2) is 54.6 Å². The second kappa shape index (κ2) is 7.63. The van der Waals surface area contributed by atoms with Crippen molar-refractivity contribution in [3.63, 3.8) is 0 Å². The molecule has 0 fully saturated rings. The topological polar surface area (TPSA) is 99.1 Å². The van der Waals surface area contributed by atoms with Crippen LogP contribution >= 0.6 is 0 Å². The van der Waals surface area contributed by atoms with E-state index in [2.05, 4.69) is 15.3 Å². The summed E-state index contributed by atoms with van der Waals surface area (Å²) in [6, 6.07) is 17.8. The number of nitrogens with one attached hydrogen (secondary N) is 1. The molecule has 3 aromatic rings. The molecule has 0 saturated carbocycles. The number of benzene rings is 2. The molecule has 6 nitrogen and oxygen atoms in total. The molecule has 0 unspecified atom stereocenters. The minimum atomic E-state index is 0.145. The molecule has 0 bridgehead atoms. The molecule has 3 rings (SSSR count). The minimum Gasteiger partial charge on any atom is -0.388 e. The van der Waals surface area contributed by atoms with Crippen molar-refractivity contribution in [2.75, 3.05) is 23.8 Å². The highest BCUT2D eigenvalue weighted by Crippen LogP contribution is 2.29. The molecule has 0 aliphatic heterocycles. The predicted octanol–water partition coefficient (Wildman–Crippen LogP) is 3.07. The highest BCUT2D eigenvalue weighted by atomic mass is 16.5. The molecule has 1 heterocycles. The van der Waals surface area contributed by atoms with Gasteiger partial charge in [0.2, 0.25) is 5.95 Å². The zero-order chi connectivity index (χ0) is 17.6. The van der Waals surface area contributed by atoms with Crippen molar-refractivity contribution in [2.24, 2.45) is 0 Å². The van der Waals surface area contributed by atoms with Gasteiger partial charge < -0.3 is 21.5 Å². The molecule has 0 saturated heterocycles. The first-order valence-electron chi connectivity index (χ1n) is 7.99. The number of nitrogen functional groups attached to an aromatic ring is 2. The van der Waals surface area contributed by atoms with Crippen molar-refractivity contribution in [3.05, 3.63) is 65.9 Å². The summed E-state index contributed by atoms with van der Waals surface area (Å²) in [5.41, 5.74) is 16.3. The van der Waals surface area contributed by atoms with Gasteiger partial charge in [0.25, 0.3) is 0 Å². The fraction of sp³-hybridized carbons (Fsp3) is 0.158. The lowest BCUT2D eigenvalue weighted by molar-refractivity contribution is 0.105. The van der Waals surface area contributed by atoms with Gasteiger partial charge in [0.1, 0.15) is 5.82 Å². The van der Waals surface area contributed by atoms with Crippen molar-refractivity contribution < 1.29 is 4.74 Å². The fourth-order valence-electron chi connectivity index (χ4n) is 2.61. The molecule has 2 aromatic carbocycles. The average molecular weight is 335 g/mol. The second-order valence-electron chi connectivity index (χ2n) is 5.59. The van der Waals surface area contributed by atoms with Crippen LogP contribution in [0, 0.1) is 0 Å². The lowest BCUT2D eigenvalue weighted by Crippen LogP contribution is -2.08. The van der Waals surface area contributed by atoms with Crippen LogP contribution in [-0.4, -0.2) is 17.0 Å². The summed E-state index contributed by atoms with van der Waals surface area (Å²) in [6.45, 7) is 0.789. The van der Waals surface area contributed by atoms with Gasteiger partial charge in [-0.3, -0.25) is 0 Å². The van der Waals surface area contributed by atoms with Crippen LogP contribution in [0.25, 0.3) is 11.1 Å². The van der Waals surface area contributed by atoms with Crippen molar-refractivity contribution in [1.82, 2.24) is 9.97 Å². The van der Waals surface area contributed by atoms with Crippen LogP contribution in [0.4, 0.5) is 17.5 Å². The van der Waals surface area contributed by atoms with Crippen molar-refractivity contribution >= 4 is 17.5 Å². The number of aromatic nitrogens is 2. The Morgan fingerprint density at radius 1 is 0.920 bits per heavy atom. The molecule has 6 heteroatoms. The highest BCUT2D eigenvalue weighted by molar-refractivity contribution is 5.77. The molecule has 0 spiro atoms. The van der Waals surface area contributed by atoms with E-state index in [0.717, 1.165) is 22.4 Å². The molecule has 0 amide bonds. The number of nitrogens with zero attached hydrogens (tertiary/aromatic N) is 2. The Morgan fingerprint density at radius 3 is 2.32 bits per heavy atom. The normalized spacial score (nSPS) is 10.6. The van der Waals surface area contributed by atoms with Crippen molar-refractivity contribution in [1.29, 1.82) is 0 Å². The third kappa shape index (κ3) is 4.05. The Bertz CT molecular complexity index is 834. The molecular weight excluding hydrogens is 314 g/mol. The molecule has 128 valence electrons. The second-order valence-corrected chi connectivity index (χ2v) is 5.59. The van der Waals surface area contributed by atoms with Crippen LogP contribution in [0.3, 0.4) is 0 Å². The first-order valence-corrected chi connectivity index (χ1v) is 7.99. The minimum absolute atomic E-state index is 0.145. The van der Waals surface area contributed by atoms with Gasteiger partial charge in [-0.05, 0) is 23.3 Å².